The number of nitrogens with zero attached hydrogens (tertiary/aromatic N) is 1. The molecule has 0 saturated heterocycles. The molecule has 2 aromatic rings. The number of ether oxygens (including phenoxy) is 1. The Morgan fingerprint density at radius 1 is 1.04 bits per heavy atom. The highest BCUT2D eigenvalue weighted by atomic mass is 16.5. The van der Waals surface area contributed by atoms with Crippen molar-refractivity contribution in [2.45, 2.75) is 58.3 Å². The van der Waals surface area contributed by atoms with Crippen LogP contribution in [0, 0.1) is 6.92 Å². The van der Waals surface area contributed by atoms with Crippen molar-refractivity contribution in [3.8, 4) is 0 Å². The summed E-state index contributed by atoms with van der Waals surface area (Å²) in [6, 6.07) is 8.29. The van der Waals surface area contributed by atoms with Crippen LogP contribution < -0.4 is 0 Å². The fourth-order valence-electron chi connectivity index (χ4n) is 3.84. The number of esters is 1. The van der Waals surface area contributed by atoms with Gasteiger partial charge in [-0.25, -0.2) is 4.79 Å². The smallest absolute Gasteiger partial charge is 0.339 e. The van der Waals surface area contributed by atoms with Gasteiger partial charge in [0.1, 0.15) is 0 Å². The van der Waals surface area contributed by atoms with Gasteiger partial charge in [-0.3, -0.25) is 4.98 Å². The van der Waals surface area contributed by atoms with Gasteiger partial charge in [-0.1, -0.05) is 45.9 Å². The molecule has 1 aliphatic rings. The van der Waals surface area contributed by atoms with E-state index in [0.29, 0.717) is 5.56 Å². The fourth-order valence-corrected chi connectivity index (χ4v) is 3.84. The molecule has 1 aliphatic carbocycles. The molecular formula is C24H29NO2. The van der Waals surface area contributed by atoms with E-state index in [-0.39, 0.29) is 16.8 Å². The van der Waals surface area contributed by atoms with Crippen LogP contribution in [0.25, 0.3) is 12.2 Å². The van der Waals surface area contributed by atoms with Crippen LogP contribution in [-0.4, -0.2) is 18.1 Å². The zero-order chi connectivity index (χ0) is 19.8. The van der Waals surface area contributed by atoms with Crippen LogP contribution in [0.3, 0.4) is 0 Å². The summed E-state index contributed by atoms with van der Waals surface area (Å²) in [7, 11) is 1.37. The van der Waals surface area contributed by atoms with Gasteiger partial charge >= 0.3 is 5.97 Å². The summed E-state index contributed by atoms with van der Waals surface area (Å²) in [6.07, 6.45) is 8.09. The number of aromatic nitrogens is 1. The monoisotopic (exact) mass is 363 g/mol. The first-order valence-electron chi connectivity index (χ1n) is 9.52. The summed E-state index contributed by atoms with van der Waals surface area (Å²) >= 11 is 0. The van der Waals surface area contributed by atoms with Crippen LogP contribution in [-0.2, 0) is 15.6 Å². The van der Waals surface area contributed by atoms with Crippen molar-refractivity contribution in [2.75, 3.05) is 7.11 Å². The third-order valence-corrected chi connectivity index (χ3v) is 5.88. The topological polar surface area (TPSA) is 39.2 Å². The average molecular weight is 364 g/mol. The van der Waals surface area contributed by atoms with E-state index in [0.717, 1.165) is 5.69 Å². The summed E-state index contributed by atoms with van der Waals surface area (Å²) in [5, 5.41) is 0. The van der Waals surface area contributed by atoms with Gasteiger partial charge in [0.05, 0.1) is 18.4 Å². The molecule has 3 nitrogen and oxygen atoms in total. The van der Waals surface area contributed by atoms with Gasteiger partial charge in [-0.2, -0.15) is 0 Å². The lowest BCUT2D eigenvalue weighted by Gasteiger charge is -2.42. The molecule has 27 heavy (non-hydrogen) atoms. The number of rotatable bonds is 3. The van der Waals surface area contributed by atoms with Gasteiger partial charge in [0.2, 0.25) is 0 Å². The molecule has 142 valence electrons. The van der Waals surface area contributed by atoms with Gasteiger partial charge in [0.15, 0.2) is 0 Å². The molecule has 0 N–H and O–H groups in total. The Morgan fingerprint density at radius 3 is 2.22 bits per heavy atom. The van der Waals surface area contributed by atoms with Gasteiger partial charge < -0.3 is 4.74 Å². The van der Waals surface area contributed by atoms with Crippen molar-refractivity contribution in [1.82, 2.24) is 4.98 Å². The second-order valence-corrected chi connectivity index (χ2v) is 8.82. The first kappa shape index (κ1) is 19.3. The predicted molar refractivity (Wildman–Crippen MR) is 111 cm³/mol. The molecular weight excluding hydrogens is 334 g/mol. The molecule has 0 atom stereocenters. The summed E-state index contributed by atoms with van der Waals surface area (Å²) in [4.78, 5) is 15.9. The lowest BCUT2D eigenvalue weighted by Crippen LogP contribution is -2.34. The summed E-state index contributed by atoms with van der Waals surface area (Å²) < 4.78 is 4.71. The molecule has 0 unspecified atom stereocenters. The lowest BCUT2D eigenvalue weighted by atomic mass is 9.62. The van der Waals surface area contributed by atoms with E-state index < -0.39 is 0 Å². The first-order chi connectivity index (χ1) is 12.6. The molecule has 0 saturated carbocycles. The quantitative estimate of drug-likeness (QED) is 0.657. The van der Waals surface area contributed by atoms with E-state index >= 15 is 0 Å². The van der Waals surface area contributed by atoms with Crippen LogP contribution in [0.1, 0.15) is 78.8 Å². The van der Waals surface area contributed by atoms with Crippen molar-refractivity contribution >= 4 is 18.1 Å². The Labute approximate surface area is 162 Å². The Morgan fingerprint density at radius 2 is 1.67 bits per heavy atom. The Kier molecular flexibility index (Phi) is 4.98. The van der Waals surface area contributed by atoms with Crippen LogP contribution in [0.5, 0.6) is 0 Å². The van der Waals surface area contributed by atoms with Gasteiger partial charge in [0, 0.05) is 6.20 Å². The Bertz CT molecular complexity index is 889. The summed E-state index contributed by atoms with van der Waals surface area (Å²) in [5.41, 5.74) is 7.14. The van der Waals surface area contributed by atoms with E-state index in [1.807, 2.05) is 12.1 Å². The molecule has 3 rings (SSSR count). The largest absolute Gasteiger partial charge is 0.465 e. The minimum Gasteiger partial charge on any atom is -0.465 e. The molecule has 0 aliphatic heterocycles. The predicted octanol–water partition coefficient (Wildman–Crippen LogP) is 5.70. The molecule has 0 spiro atoms. The molecule has 0 amide bonds. The second kappa shape index (κ2) is 6.95. The van der Waals surface area contributed by atoms with Gasteiger partial charge in [0.25, 0.3) is 0 Å². The number of methoxy groups -OCH3 is 1. The van der Waals surface area contributed by atoms with Gasteiger partial charge in [-0.05, 0) is 71.1 Å². The number of aryl methyl sites for hydroxylation is 1. The van der Waals surface area contributed by atoms with Crippen LogP contribution in [0.2, 0.25) is 0 Å². The Balaban J connectivity index is 1.94. The van der Waals surface area contributed by atoms with E-state index in [4.69, 9.17) is 4.74 Å². The van der Waals surface area contributed by atoms with E-state index in [1.165, 1.54) is 42.2 Å². The number of pyridine rings is 1. The zero-order valence-electron chi connectivity index (χ0n) is 17.2. The average Bonchev–Trinajstić information content (AvgIpc) is 2.64. The highest BCUT2D eigenvalue weighted by Crippen LogP contribution is 2.46. The SMILES string of the molecule is COC(=O)c1ccc(/C=C/c2cc3c(cc2C)C(C)(C)CCC3(C)C)nc1. The van der Waals surface area contributed by atoms with E-state index in [2.05, 4.69) is 57.8 Å². The minimum absolute atomic E-state index is 0.196. The van der Waals surface area contributed by atoms with Crippen molar-refractivity contribution in [2.24, 2.45) is 0 Å². The van der Waals surface area contributed by atoms with Crippen molar-refractivity contribution in [3.05, 3.63) is 64.0 Å². The molecule has 0 radical (unpaired) electrons. The minimum atomic E-state index is -0.367. The number of carbonyl (C=O) groups is 1. The highest BCUT2D eigenvalue weighted by Gasteiger charge is 2.37. The number of hydrogen-bond donors (Lipinski definition) is 0. The number of carbonyl (C=O) groups excluding carboxylic acids is 1. The molecule has 1 aromatic heterocycles. The molecule has 1 aromatic carbocycles. The van der Waals surface area contributed by atoms with E-state index in [9.17, 15) is 4.79 Å². The molecule has 3 heteroatoms. The lowest BCUT2D eigenvalue weighted by molar-refractivity contribution is 0.0600. The second-order valence-electron chi connectivity index (χ2n) is 8.82. The Hall–Kier alpha value is -2.42. The number of hydrogen-bond acceptors (Lipinski definition) is 3. The molecule has 1 heterocycles. The zero-order valence-corrected chi connectivity index (χ0v) is 17.2. The first-order valence-corrected chi connectivity index (χ1v) is 9.52. The van der Waals surface area contributed by atoms with Crippen LogP contribution in [0.4, 0.5) is 0 Å². The maximum Gasteiger partial charge on any atom is 0.339 e. The maximum absolute atomic E-state index is 11.5. The van der Waals surface area contributed by atoms with Crippen molar-refractivity contribution in [3.63, 3.8) is 0 Å². The third-order valence-electron chi connectivity index (χ3n) is 5.88. The van der Waals surface area contributed by atoms with Gasteiger partial charge in [-0.15, -0.1) is 0 Å². The fraction of sp³-hybridized carbons (Fsp3) is 0.417. The maximum atomic E-state index is 11.5. The summed E-state index contributed by atoms with van der Waals surface area (Å²) in [6.45, 7) is 11.6. The molecule has 0 fully saturated rings. The van der Waals surface area contributed by atoms with Crippen molar-refractivity contribution < 1.29 is 9.53 Å². The highest BCUT2D eigenvalue weighted by molar-refractivity contribution is 5.89. The van der Waals surface area contributed by atoms with Crippen LogP contribution in [0.15, 0.2) is 30.5 Å². The third kappa shape index (κ3) is 3.83. The molecule has 0 bridgehead atoms. The normalized spacial score (nSPS) is 17.6. The standard InChI is InChI=1S/C24H29NO2/c1-16-13-20-21(24(4,5)12-11-23(20,2)3)14-17(16)7-9-19-10-8-18(15-25-19)22(26)27-6/h7-10,13-15H,11-12H2,1-6H3/b9-7+. The number of benzene rings is 1. The number of fused-ring (bicyclic) bond motifs is 1. The van der Waals surface area contributed by atoms with E-state index in [1.54, 1.807) is 12.3 Å². The summed E-state index contributed by atoms with van der Waals surface area (Å²) in [5.74, 6) is -0.367. The van der Waals surface area contributed by atoms with Crippen LogP contribution >= 0.6 is 0 Å². The van der Waals surface area contributed by atoms with Crippen molar-refractivity contribution in [1.29, 1.82) is 0 Å².